The molecule has 2 rings (SSSR count). The lowest BCUT2D eigenvalue weighted by Crippen LogP contribution is -2.41. The number of nitrogens with two attached hydrogens (primary N) is 1. The first-order valence-corrected chi connectivity index (χ1v) is 12.9. The van der Waals surface area contributed by atoms with Gasteiger partial charge in [-0.25, -0.2) is 14.6 Å². The fourth-order valence-electron chi connectivity index (χ4n) is 4.11. The summed E-state index contributed by atoms with van der Waals surface area (Å²) in [5.41, 5.74) is 7.35. The average Bonchev–Trinajstić information content (AvgIpc) is 3.43. The second-order valence-corrected chi connectivity index (χ2v) is 8.86. The van der Waals surface area contributed by atoms with E-state index in [0.29, 0.717) is 49.7 Å². The first-order chi connectivity index (χ1) is 18.1. The number of carbonyl (C=O) groups excluding carboxylic acids is 2. The highest BCUT2D eigenvalue weighted by Crippen LogP contribution is 2.18. The largest absolute Gasteiger partial charge is 0.480 e. The Labute approximate surface area is 224 Å². The smallest absolute Gasteiger partial charge is 0.415 e. The number of amides is 2. The Morgan fingerprint density at radius 1 is 1.16 bits per heavy atom. The van der Waals surface area contributed by atoms with Gasteiger partial charge < -0.3 is 35.6 Å². The van der Waals surface area contributed by atoms with Crippen LogP contribution in [-0.4, -0.2) is 82.5 Å². The molecule has 0 unspecified atom stereocenters. The quantitative estimate of drug-likeness (QED) is 0.214. The monoisotopic (exact) mass is 528 g/mol. The zero-order valence-electron chi connectivity index (χ0n) is 22.8. The van der Waals surface area contributed by atoms with E-state index in [2.05, 4.69) is 16.9 Å². The molecule has 11 heteroatoms. The minimum absolute atomic E-state index is 0.124. The van der Waals surface area contributed by atoms with E-state index in [1.807, 2.05) is 18.7 Å². The van der Waals surface area contributed by atoms with Crippen LogP contribution in [0.1, 0.15) is 46.1 Å². The number of likely N-dealkylation sites (tertiary alicyclic amines) is 1. The molecule has 0 radical (unpaired) electrons. The number of hydrogen-bond donors (Lipinski definition) is 3. The molecule has 0 aromatic heterocycles. The molecule has 208 valence electrons. The molecular weight excluding hydrogens is 488 g/mol. The molecule has 1 atom stereocenters. The summed E-state index contributed by atoms with van der Waals surface area (Å²) in [6.45, 7) is 14.1. The SMILES string of the molecule is C=C(N[C@@H](Cc1ccc(OC(=O)N2CCCC2)cc1)C(=O)O)/C(=C\N=C(N)N(CC)CC)N(CC)C(C)=O. The third-order valence-corrected chi connectivity index (χ3v) is 6.28. The van der Waals surface area contributed by atoms with E-state index in [-0.39, 0.29) is 30.1 Å². The van der Waals surface area contributed by atoms with Crippen molar-refractivity contribution in [2.75, 3.05) is 32.7 Å². The van der Waals surface area contributed by atoms with Gasteiger partial charge >= 0.3 is 12.1 Å². The van der Waals surface area contributed by atoms with Crippen molar-refractivity contribution in [2.24, 2.45) is 10.7 Å². The number of benzene rings is 1. The van der Waals surface area contributed by atoms with Gasteiger partial charge in [0.1, 0.15) is 11.8 Å². The first kappa shape index (κ1) is 30.2. The third-order valence-electron chi connectivity index (χ3n) is 6.28. The van der Waals surface area contributed by atoms with E-state index in [0.717, 1.165) is 12.8 Å². The van der Waals surface area contributed by atoms with Crippen molar-refractivity contribution in [3.8, 4) is 5.75 Å². The van der Waals surface area contributed by atoms with Gasteiger partial charge in [0.25, 0.3) is 0 Å². The standard InChI is InChI=1S/C27H40N6O5/c1-6-31(7-2)26(28)29-18-24(33(8-3)20(5)34)19(4)30-23(25(35)36)17-21-11-13-22(14-12-21)38-27(37)32-15-9-10-16-32/h11-14,18,23,30H,4,6-10,15-17H2,1-3,5H3,(H2,28,29)(H,35,36)/b24-18+/t23-/m0/s1. The highest BCUT2D eigenvalue weighted by atomic mass is 16.6. The number of carbonyl (C=O) groups is 3. The molecule has 0 bridgehead atoms. The highest BCUT2D eigenvalue weighted by molar-refractivity contribution is 5.80. The predicted molar refractivity (Wildman–Crippen MR) is 146 cm³/mol. The Hall–Kier alpha value is -4.02. The molecular formula is C27H40N6O5. The van der Waals surface area contributed by atoms with E-state index in [4.69, 9.17) is 10.5 Å². The summed E-state index contributed by atoms with van der Waals surface area (Å²) >= 11 is 0. The number of ether oxygens (including phenoxy) is 1. The molecule has 0 spiro atoms. The Morgan fingerprint density at radius 2 is 1.76 bits per heavy atom. The summed E-state index contributed by atoms with van der Waals surface area (Å²) < 4.78 is 5.41. The molecule has 11 nitrogen and oxygen atoms in total. The maximum Gasteiger partial charge on any atom is 0.415 e. The Balaban J connectivity index is 2.18. The molecule has 1 heterocycles. The average molecular weight is 529 g/mol. The molecule has 1 aliphatic rings. The molecule has 38 heavy (non-hydrogen) atoms. The van der Waals surface area contributed by atoms with E-state index in [9.17, 15) is 19.5 Å². The second kappa shape index (κ2) is 14.7. The van der Waals surface area contributed by atoms with Gasteiger partial charge in [-0.1, -0.05) is 18.7 Å². The van der Waals surface area contributed by atoms with Crippen LogP contribution in [0.5, 0.6) is 5.75 Å². The van der Waals surface area contributed by atoms with Crippen LogP contribution >= 0.6 is 0 Å². The van der Waals surface area contributed by atoms with E-state index >= 15 is 0 Å². The van der Waals surface area contributed by atoms with Gasteiger partial charge in [-0.15, -0.1) is 0 Å². The summed E-state index contributed by atoms with van der Waals surface area (Å²) in [4.78, 5) is 45.8. The number of nitrogens with one attached hydrogen (secondary N) is 1. The van der Waals surface area contributed by atoms with Crippen molar-refractivity contribution in [1.29, 1.82) is 0 Å². The van der Waals surface area contributed by atoms with Crippen LogP contribution in [0.15, 0.2) is 53.4 Å². The Morgan fingerprint density at radius 3 is 2.26 bits per heavy atom. The Kier molecular flexibility index (Phi) is 11.6. The number of rotatable bonds is 12. The predicted octanol–water partition coefficient (Wildman–Crippen LogP) is 2.75. The summed E-state index contributed by atoms with van der Waals surface area (Å²) in [5, 5.41) is 12.8. The van der Waals surface area contributed by atoms with Crippen molar-refractivity contribution in [3.05, 3.63) is 54.0 Å². The van der Waals surface area contributed by atoms with Gasteiger partial charge in [0.05, 0.1) is 17.6 Å². The van der Waals surface area contributed by atoms with Crippen LogP contribution in [0, 0.1) is 0 Å². The lowest BCUT2D eigenvalue weighted by Gasteiger charge is -2.26. The normalized spacial score (nSPS) is 14.6. The van der Waals surface area contributed by atoms with Crippen molar-refractivity contribution < 1.29 is 24.2 Å². The molecule has 1 aliphatic heterocycles. The maximum absolute atomic E-state index is 12.3. The number of carboxylic acids is 1. The molecule has 1 saturated heterocycles. The minimum atomic E-state index is -1.09. The number of hydrogen-bond acceptors (Lipinski definition) is 6. The molecule has 0 aliphatic carbocycles. The van der Waals surface area contributed by atoms with Gasteiger partial charge in [0.15, 0.2) is 5.96 Å². The number of aliphatic imine (C=N–C) groups is 1. The number of likely N-dealkylation sites (N-methyl/N-ethyl adjacent to an activating group) is 1. The van der Waals surface area contributed by atoms with E-state index < -0.39 is 12.0 Å². The number of nitrogens with zero attached hydrogens (tertiary/aromatic N) is 4. The number of carboxylic acid groups (broad SMARTS) is 1. The number of guanidine groups is 1. The van der Waals surface area contributed by atoms with Crippen LogP contribution in [0.3, 0.4) is 0 Å². The summed E-state index contributed by atoms with van der Waals surface area (Å²) in [7, 11) is 0. The summed E-state index contributed by atoms with van der Waals surface area (Å²) in [6.07, 6.45) is 3.11. The highest BCUT2D eigenvalue weighted by Gasteiger charge is 2.23. The van der Waals surface area contributed by atoms with Crippen molar-refractivity contribution >= 4 is 23.9 Å². The lowest BCUT2D eigenvalue weighted by molar-refractivity contribution is -0.139. The fourth-order valence-corrected chi connectivity index (χ4v) is 4.11. The van der Waals surface area contributed by atoms with Crippen LogP contribution in [0.2, 0.25) is 0 Å². The zero-order chi connectivity index (χ0) is 28.2. The Bertz CT molecular complexity index is 1040. The van der Waals surface area contributed by atoms with Crippen molar-refractivity contribution in [3.63, 3.8) is 0 Å². The van der Waals surface area contributed by atoms with Crippen LogP contribution < -0.4 is 15.8 Å². The molecule has 1 aromatic rings. The molecule has 1 aromatic carbocycles. The maximum atomic E-state index is 12.3. The molecule has 0 saturated carbocycles. The second-order valence-electron chi connectivity index (χ2n) is 8.86. The van der Waals surface area contributed by atoms with Crippen LogP contribution in [-0.2, 0) is 16.0 Å². The first-order valence-electron chi connectivity index (χ1n) is 12.9. The van der Waals surface area contributed by atoms with Gasteiger partial charge in [-0.2, -0.15) is 0 Å². The van der Waals surface area contributed by atoms with Crippen molar-refractivity contribution in [1.82, 2.24) is 20.0 Å². The fraction of sp³-hybridized carbons (Fsp3) is 0.481. The van der Waals surface area contributed by atoms with Crippen LogP contribution in [0.4, 0.5) is 4.79 Å². The van der Waals surface area contributed by atoms with E-state index in [1.165, 1.54) is 18.0 Å². The zero-order valence-corrected chi connectivity index (χ0v) is 22.8. The topological polar surface area (TPSA) is 141 Å². The number of aliphatic carboxylic acids is 1. The minimum Gasteiger partial charge on any atom is -0.480 e. The van der Waals surface area contributed by atoms with Crippen molar-refractivity contribution in [2.45, 2.75) is 53.0 Å². The summed E-state index contributed by atoms with van der Waals surface area (Å²) in [6, 6.07) is 5.67. The van der Waals surface area contributed by atoms with Gasteiger partial charge in [0, 0.05) is 46.1 Å². The van der Waals surface area contributed by atoms with Gasteiger partial charge in [-0.05, 0) is 51.3 Å². The van der Waals surface area contributed by atoms with Crippen LogP contribution in [0.25, 0.3) is 0 Å². The lowest BCUT2D eigenvalue weighted by atomic mass is 10.1. The third kappa shape index (κ3) is 8.53. The van der Waals surface area contributed by atoms with Gasteiger partial charge in [0.2, 0.25) is 5.91 Å². The summed E-state index contributed by atoms with van der Waals surface area (Å²) in [5.74, 6) is -0.666. The molecule has 2 amide bonds. The van der Waals surface area contributed by atoms with E-state index in [1.54, 1.807) is 36.1 Å². The molecule has 1 fully saturated rings. The molecule has 4 N–H and O–H groups in total. The van der Waals surface area contributed by atoms with Gasteiger partial charge in [-0.3, -0.25) is 4.79 Å².